The Morgan fingerprint density at radius 3 is 1.93 bits per heavy atom. The fraction of sp³-hybridized carbons (Fsp3) is 0.316. The summed E-state index contributed by atoms with van der Waals surface area (Å²) < 4.78 is 29.8. The molecule has 4 aromatic carbocycles. The molecule has 0 aromatic heterocycles. The van der Waals surface area contributed by atoms with Crippen molar-refractivity contribution in [2.45, 2.75) is 77.9 Å². The first-order chi connectivity index (χ1) is 21.6. The first kappa shape index (κ1) is 34.4. The van der Waals surface area contributed by atoms with Crippen LogP contribution in [0.3, 0.4) is 0 Å². The first-order valence-electron chi connectivity index (χ1n) is 15.5. The van der Waals surface area contributed by atoms with E-state index in [-0.39, 0.29) is 23.8 Å². The first-order valence-corrected chi connectivity index (χ1v) is 17.0. The average molecular weight is 640 g/mol. The second-order valence-corrected chi connectivity index (χ2v) is 14.9. The molecular weight excluding hydrogens is 595 g/mol. The number of amides is 2. The number of anilines is 1. The SMILES string of the molecule is Cc1ccc(S(=O)(=O)N(CC(=O)N(Cc2ccccc2C)C(Cc2ccccc2)C(=O)NC(C)(C)C)c2cc(C)cc(C)c2)cc1. The van der Waals surface area contributed by atoms with E-state index < -0.39 is 34.1 Å². The molecule has 0 fully saturated rings. The van der Waals surface area contributed by atoms with Crippen LogP contribution in [-0.2, 0) is 32.6 Å². The smallest absolute Gasteiger partial charge is 0.264 e. The van der Waals surface area contributed by atoms with Crippen LogP contribution in [0.25, 0.3) is 0 Å². The Labute approximate surface area is 274 Å². The highest BCUT2D eigenvalue weighted by Gasteiger charge is 2.36. The summed E-state index contributed by atoms with van der Waals surface area (Å²) in [4.78, 5) is 30.4. The molecule has 2 amide bonds. The zero-order chi connectivity index (χ0) is 33.6. The molecule has 0 aliphatic carbocycles. The predicted octanol–water partition coefficient (Wildman–Crippen LogP) is 6.67. The number of carbonyl (C=O) groups excluding carboxylic acids is 2. The molecule has 7 nitrogen and oxygen atoms in total. The van der Waals surface area contributed by atoms with Crippen LogP contribution in [0.4, 0.5) is 5.69 Å². The van der Waals surface area contributed by atoms with E-state index in [0.29, 0.717) is 5.69 Å². The highest BCUT2D eigenvalue weighted by atomic mass is 32.2. The number of nitrogens with one attached hydrogen (secondary N) is 1. The monoisotopic (exact) mass is 639 g/mol. The minimum absolute atomic E-state index is 0.0850. The molecule has 0 spiro atoms. The van der Waals surface area contributed by atoms with E-state index >= 15 is 0 Å². The van der Waals surface area contributed by atoms with Crippen LogP contribution in [0, 0.1) is 27.7 Å². The lowest BCUT2D eigenvalue weighted by Crippen LogP contribution is -2.56. The zero-order valence-electron chi connectivity index (χ0n) is 27.9. The number of hydrogen-bond donors (Lipinski definition) is 1. The number of benzene rings is 4. The standard InChI is InChI=1S/C38H45N3O4S/c1-27-17-19-34(20-18-27)46(44,45)41(33-22-28(2)21-29(3)23-33)26-36(42)40(25-32-16-12-11-13-30(32)4)35(37(43)39-38(5,6)7)24-31-14-9-8-10-15-31/h8-23,35H,24-26H2,1-7H3,(H,39,43). The summed E-state index contributed by atoms with van der Waals surface area (Å²) in [6, 6.07) is 28.5. The second-order valence-electron chi connectivity index (χ2n) is 13.1. The van der Waals surface area contributed by atoms with Gasteiger partial charge in [-0.1, -0.05) is 78.4 Å². The minimum atomic E-state index is -4.16. The van der Waals surface area contributed by atoms with E-state index in [1.165, 1.54) is 9.21 Å². The largest absolute Gasteiger partial charge is 0.350 e. The summed E-state index contributed by atoms with van der Waals surface area (Å²) in [5, 5.41) is 3.07. The summed E-state index contributed by atoms with van der Waals surface area (Å²) in [6.07, 6.45) is 0.259. The molecule has 4 aromatic rings. The third-order valence-corrected chi connectivity index (χ3v) is 9.54. The van der Waals surface area contributed by atoms with Crippen molar-refractivity contribution in [3.05, 3.63) is 130 Å². The van der Waals surface area contributed by atoms with Gasteiger partial charge in [0.2, 0.25) is 11.8 Å². The van der Waals surface area contributed by atoms with Crippen molar-refractivity contribution in [2.24, 2.45) is 0 Å². The van der Waals surface area contributed by atoms with Crippen LogP contribution in [0.2, 0.25) is 0 Å². The molecule has 0 radical (unpaired) electrons. The van der Waals surface area contributed by atoms with Crippen molar-refractivity contribution in [1.82, 2.24) is 10.2 Å². The Morgan fingerprint density at radius 1 is 0.761 bits per heavy atom. The lowest BCUT2D eigenvalue weighted by Gasteiger charge is -2.35. The summed E-state index contributed by atoms with van der Waals surface area (Å²) >= 11 is 0. The van der Waals surface area contributed by atoms with E-state index in [4.69, 9.17) is 0 Å². The lowest BCUT2D eigenvalue weighted by atomic mass is 10.00. The molecule has 0 aliphatic rings. The van der Waals surface area contributed by atoms with E-state index in [1.54, 1.807) is 36.4 Å². The van der Waals surface area contributed by atoms with Crippen LogP contribution in [0.5, 0.6) is 0 Å². The molecule has 242 valence electrons. The number of nitrogens with zero attached hydrogens (tertiary/aromatic N) is 2. The fourth-order valence-corrected chi connectivity index (χ4v) is 6.84. The summed E-state index contributed by atoms with van der Waals surface area (Å²) in [7, 11) is -4.16. The maximum Gasteiger partial charge on any atom is 0.264 e. The minimum Gasteiger partial charge on any atom is -0.350 e. The van der Waals surface area contributed by atoms with Crippen LogP contribution in [-0.4, -0.2) is 43.3 Å². The Hall–Kier alpha value is -4.43. The molecular formula is C38H45N3O4S. The van der Waals surface area contributed by atoms with Gasteiger partial charge in [-0.25, -0.2) is 8.42 Å². The third-order valence-electron chi connectivity index (χ3n) is 7.75. The molecule has 0 aliphatic heterocycles. The molecule has 0 saturated carbocycles. The number of aryl methyl sites for hydroxylation is 4. The van der Waals surface area contributed by atoms with Crippen molar-refractivity contribution in [3.8, 4) is 0 Å². The molecule has 1 N–H and O–H groups in total. The van der Waals surface area contributed by atoms with Crippen LogP contribution >= 0.6 is 0 Å². The van der Waals surface area contributed by atoms with Crippen molar-refractivity contribution < 1.29 is 18.0 Å². The van der Waals surface area contributed by atoms with Gasteiger partial charge in [-0.05, 0) is 101 Å². The van der Waals surface area contributed by atoms with Gasteiger partial charge in [0.05, 0.1) is 10.6 Å². The normalized spacial score (nSPS) is 12.3. The molecule has 1 unspecified atom stereocenters. The predicted molar refractivity (Wildman–Crippen MR) is 185 cm³/mol. The second kappa shape index (κ2) is 14.3. The molecule has 46 heavy (non-hydrogen) atoms. The zero-order valence-corrected chi connectivity index (χ0v) is 28.7. The van der Waals surface area contributed by atoms with Gasteiger partial charge in [0.15, 0.2) is 0 Å². The van der Waals surface area contributed by atoms with Gasteiger partial charge in [-0.3, -0.25) is 13.9 Å². The van der Waals surface area contributed by atoms with Crippen molar-refractivity contribution >= 4 is 27.5 Å². The van der Waals surface area contributed by atoms with Crippen LogP contribution < -0.4 is 9.62 Å². The van der Waals surface area contributed by atoms with E-state index in [1.807, 2.05) is 109 Å². The molecule has 1 atom stereocenters. The van der Waals surface area contributed by atoms with E-state index in [9.17, 15) is 18.0 Å². The highest BCUT2D eigenvalue weighted by Crippen LogP contribution is 2.27. The van der Waals surface area contributed by atoms with Gasteiger partial charge in [0.1, 0.15) is 12.6 Å². The van der Waals surface area contributed by atoms with Gasteiger partial charge in [-0.15, -0.1) is 0 Å². The molecule has 8 heteroatoms. The average Bonchev–Trinajstić information content (AvgIpc) is 2.97. The quantitative estimate of drug-likeness (QED) is 0.199. The van der Waals surface area contributed by atoms with E-state index in [2.05, 4.69) is 5.32 Å². The topological polar surface area (TPSA) is 86.8 Å². The highest BCUT2D eigenvalue weighted by molar-refractivity contribution is 7.92. The van der Waals surface area contributed by atoms with Gasteiger partial charge < -0.3 is 10.2 Å². The molecule has 0 saturated heterocycles. The number of sulfonamides is 1. The van der Waals surface area contributed by atoms with Crippen molar-refractivity contribution in [2.75, 3.05) is 10.8 Å². The maximum atomic E-state index is 14.7. The van der Waals surface area contributed by atoms with E-state index in [0.717, 1.165) is 33.4 Å². The number of carbonyl (C=O) groups is 2. The van der Waals surface area contributed by atoms with Crippen LogP contribution in [0.1, 0.15) is 54.2 Å². The Balaban J connectivity index is 1.85. The Bertz CT molecular complexity index is 1760. The Morgan fingerprint density at radius 2 is 1.35 bits per heavy atom. The molecule has 4 rings (SSSR count). The van der Waals surface area contributed by atoms with Crippen molar-refractivity contribution in [1.29, 1.82) is 0 Å². The van der Waals surface area contributed by atoms with Gasteiger partial charge >= 0.3 is 0 Å². The molecule has 0 bridgehead atoms. The van der Waals surface area contributed by atoms with Crippen LogP contribution in [0.15, 0.2) is 102 Å². The summed E-state index contributed by atoms with van der Waals surface area (Å²) in [5.74, 6) is -0.791. The summed E-state index contributed by atoms with van der Waals surface area (Å²) in [6.45, 7) is 13.0. The van der Waals surface area contributed by atoms with Crippen molar-refractivity contribution in [3.63, 3.8) is 0 Å². The Kier molecular flexibility index (Phi) is 10.7. The number of hydrogen-bond acceptors (Lipinski definition) is 4. The lowest BCUT2D eigenvalue weighted by molar-refractivity contribution is -0.140. The maximum absolute atomic E-state index is 14.7. The fourth-order valence-electron chi connectivity index (χ4n) is 5.44. The van der Waals surface area contributed by atoms with Gasteiger partial charge in [-0.2, -0.15) is 0 Å². The molecule has 0 heterocycles. The summed E-state index contributed by atoms with van der Waals surface area (Å²) in [5.41, 5.74) is 5.23. The van der Waals surface area contributed by atoms with Gasteiger partial charge in [0, 0.05) is 18.5 Å². The number of rotatable bonds is 11. The third kappa shape index (κ3) is 8.85. The van der Waals surface area contributed by atoms with Gasteiger partial charge in [0.25, 0.3) is 10.0 Å².